The lowest BCUT2D eigenvalue weighted by molar-refractivity contribution is -0.137. The number of nitrogens with zero attached hydrogens (tertiary/aromatic N) is 1. The van der Waals surface area contributed by atoms with Gasteiger partial charge >= 0.3 is 6.18 Å². The second-order valence-electron chi connectivity index (χ2n) is 4.89. The molecule has 2 aromatic rings. The van der Waals surface area contributed by atoms with E-state index in [0.717, 1.165) is 47.4 Å². The summed E-state index contributed by atoms with van der Waals surface area (Å²) in [5.41, 5.74) is -2.21. The highest BCUT2D eigenvalue weighted by atomic mass is 32.2. The van der Waals surface area contributed by atoms with E-state index in [2.05, 4.69) is 0 Å². The van der Waals surface area contributed by atoms with Crippen molar-refractivity contribution in [1.29, 1.82) is 0 Å². The molecule has 0 spiro atoms. The van der Waals surface area contributed by atoms with Crippen LogP contribution in [0.15, 0.2) is 33.9 Å². The van der Waals surface area contributed by atoms with Crippen molar-refractivity contribution in [1.82, 2.24) is 4.57 Å². The standard InChI is InChI=1S/C14H4F3NO2S5/c15-14(16,17)5-2-1-3-6(4-5)18-9(19)7-8(10(18)20)23-12-11(22-7)24-13(21)25-12/h1-4H. The highest BCUT2D eigenvalue weighted by molar-refractivity contribution is 7.78. The van der Waals surface area contributed by atoms with Crippen molar-refractivity contribution in [2.24, 2.45) is 0 Å². The van der Waals surface area contributed by atoms with Crippen LogP contribution in [0.25, 0.3) is 13.7 Å². The Kier molecular flexibility index (Phi) is 3.96. The number of rotatable bonds is 1. The molecule has 0 aliphatic carbocycles. The van der Waals surface area contributed by atoms with Crippen molar-refractivity contribution in [3.8, 4) is 5.69 Å². The molecule has 0 fully saturated rings. The molecule has 0 unspecified atom stereocenters. The number of fused-ring (bicyclic) bond motifs is 1. The van der Waals surface area contributed by atoms with Crippen molar-refractivity contribution in [2.45, 2.75) is 6.18 Å². The Morgan fingerprint density at radius 1 is 0.920 bits per heavy atom. The maximum Gasteiger partial charge on any atom is 0.416 e. The van der Waals surface area contributed by atoms with E-state index in [-0.39, 0.29) is 14.8 Å². The van der Waals surface area contributed by atoms with Crippen LogP contribution in [0.4, 0.5) is 13.2 Å². The molecule has 0 saturated heterocycles. The third-order valence-corrected chi connectivity index (χ3v) is 9.04. The third-order valence-electron chi connectivity index (χ3n) is 3.34. The van der Waals surface area contributed by atoms with E-state index in [0.29, 0.717) is 3.14 Å². The highest BCUT2D eigenvalue weighted by Gasteiger charge is 2.31. The fourth-order valence-corrected chi connectivity index (χ4v) is 8.40. The lowest BCUT2D eigenvalue weighted by Gasteiger charge is -2.08. The number of hydrogen-bond donors (Lipinski definition) is 0. The average molecular weight is 436 g/mol. The molecule has 11 heteroatoms. The first-order valence-electron chi connectivity index (χ1n) is 6.55. The predicted molar refractivity (Wildman–Crippen MR) is 98.5 cm³/mol. The quantitative estimate of drug-likeness (QED) is 0.392. The van der Waals surface area contributed by atoms with E-state index >= 15 is 0 Å². The van der Waals surface area contributed by atoms with Crippen molar-refractivity contribution >= 4 is 65.6 Å². The molecule has 0 saturated carbocycles. The van der Waals surface area contributed by atoms with Crippen LogP contribution in [0.5, 0.6) is 0 Å². The van der Waals surface area contributed by atoms with Gasteiger partial charge in [-0.05, 0) is 18.2 Å². The zero-order valence-electron chi connectivity index (χ0n) is 11.7. The molecule has 2 aliphatic rings. The lowest BCUT2D eigenvalue weighted by atomic mass is 10.2. The summed E-state index contributed by atoms with van der Waals surface area (Å²) < 4.78 is 42.4. The van der Waals surface area contributed by atoms with E-state index < -0.39 is 22.9 Å². The molecular weight excluding hydrogens is 431 g/mol. The normalized spacial score (nSPS) is 12.3. The first-order valence-corrected chi connectivity index (χ1v) is 10.2. The monoisotopic (exact) mass is 435 g/mol. The highest BCUT2D eigenvalue weighted by Crippen LogP contribution is 2.34. The second kappa shape index (κ2) is 5.81. The number of halogens is 3. The molecule has 25 heavy (non-hydrogen) atoms. The maximum atomic E-state index is 12.9. The largest absolute Gasteiger partial charge is 0.416 e. The van der Waals surface area contributed by atoms with Gasteiger partial charge in [0.2, 0.25) is 0 Å². The van der Waals surface area contributed by atoms with Crippen LogP contribution in [-0.4, -0.2) is 4.57 Å². The van der Waals surface area contributed by atoms with Crippen LogP contribution >= 0.6 is 57.6 Å². The smallest absolute Gasteiger partial charge is 0.267 e. The van der Waals surface area contributed by atoms with Crippen LogP contribution in [-0.2, 0) is 6.18 Å². The minimum absolute atomic E-state index is 0.0867. The van der Waals surface area contributed by atoms with Gasteiger partial charge in [-0.15, -0.1) is 45.3 Å². The minimum atomic E-state index is -4.55. The third kappa shape index (κ3) is 2.79. The van der Waals surface area contributed by atoms with Crippen LogP contribution in [0.1, 0.15) is 5.56 Å². The second-order valence-corrected chi connectivity index (χ2v) is 10.7. The molecule has 128 valence electrons. The Labute approximate surface area is 157 Å². The van der Waals surface area contributed by atoms with E-state index in [1.807, 2.05) is 0 Å². The van der Waals surface area contributed by atoms with E-state index in [1.54, 1.807) is 0 Å². The Balaban J connectivity index is 2.06. The zero-order chi connectivity index (χ0) is 17.9. The molecular formula is C14H4F3NO2S5. The van der Waals surface area contributed by atoms with Crippen LogP contribution < -0.4 is 11.1 Å². The van der Waals surface area contributed by atoms with Gasteiger partial charge in [-0.3, -0.25) is 9.59 Å². The predicted octanol–water partition coefficient (Wildman–Crippen LogP) is 5.07. The Bertz CT molecular complexity index is 1280. The van der Waals surface area contributed by atoms with Crippen molar-refractivity contribution < 1.29 is 13.2 Å². The number of hydrogen-bond acceptors (Lipinski definition) is 7. The zero-order valence-corrected chi connectivity index (χ0v) is 15.8. The van der Waals surface area contributed by atoms with Gasteiger partial charge in [-0.2, -0.15) is 13.2 Å². The molecule has 2 aliphatic heterocycles. The van der Waals surface area contributed by atoms with Gasteiger partial charge in [-0.25, -0.2) is 4.57 Å². The summed E-state index contributed by atoms with van der Waals surface area (Å²) >= 11 is 10.1. The van der Waals surface area contributed by atoms with E-state index in [4.69, 9.17) is 12.2 Å². The lowest BCUT2D eigenvalue weighted by Crippen LogP contribution is -2.24. The van der Waals surface area contributed by atoms with Crippen molar-refractivity contribution in [3.63, 3.8) is 0 Å². The average Bonchev–Trinajstić information content (AvgIpc) is 3.02. The Hall–Kier alpha value is -1.40. The van der Waals surface area contributed by atoms with Gasteiger partial charge in [0, 0.05) is 0 Å². The van der Waals surface area contributed by atoms with Crippen molar-refractivity contribution in [2.75, 3.05) is 0 Å². The molecule has 3 nitrogen and oxygen atoms in total. The summed E-state index contributed by atoms with van der Waals surface area (Å²) in [6, 6.07) is 4.20. The maximum absolute atomic E-state index is 12.9. The summed E-state index contributed by atoms with van der Waals surface area (Å²) in [6.45, 7) is 0. The molecule has 0 bridgehead atoms. The fourth-order valence-electron chi connectivity index (χ4n) is 2.29. The summed E-state index contributed by atoms with van der Waals surface area (Å²) in [5.74, 6) is 0. The summed E-state index contributed by atoms with van der Waals surface area (Å²) in [5, 5.41) is 0. The van der Waals surface area contributed by atoms with E-state index in [9.17, 15) is 22.8 Å². The number of benzene rings is 1. The molecule has 1 aromatic heterocycles. The van der Waals surface area contributed by atoms with Gasteiger partial charge < -0.3 is 0 Å². The first kappa shape index (κ1) is 17.0. The fraction of sp³-hybridized carbons (Fsp3) is 0.0714. The van der Waals surface area contributed by atoms with Crippen LogP contribution in [0.2, 0.25) is 0 Å². The SMILES string of the molecule is O=c1c2sc3sc(=S)sc3sc=2c(=O)n1-c1cccc(C(F)(F)F)c1. The summed E-state index contributed by atoms with van der Waals surface area (Å²) in [4.78, 5) is 25.3. The molecule has 0 atom stereocenters. The van der Waals surface area contributed by atoms with Gasteiger partial charge in [0.25, 0.3) is 11.1 Å². The van der Waals surface area contributed by atoms with Gasteiger partial charge in [0.05, 0.1) is 11.3 Å². The van der Waals surface area contributed by atoms with Crippen LogP contribution in [0.3, 0.4) is 0 Å². The minimum Gasteiger partial charge on any atom is -0.267 e. The number of aromatic nitrogens is 1. The van der Waals surface area contributed by atoms with Gasteiger partial charge in [-0.1, -0.05) is 18.3 Å². The molecule has 3 heterocycles. The van der Waals surface area contributed by atoms with Gasteiger partial charge in [0.15, 0.2) is 0 Å². The molecule has 4 rings (SSSR count). The Morgan fingerprint density at radius 2 is 1.48 bits per heavy atom. The molecule has 0 radical (unpaired) electrons. The first-order chi connectivity index (χ1) is 11.8. The Morgan fingerprint density at radius 3 is 2.00 bits per heavy atom. The topological polar surface area (TPSA) is 39.1 Å². The summed E-state index contributed by atoms with van der Waals surface area (Å²) in [7, 11) is 0. The number of alkyl halides is 3. The van der Waals surface area contributed by atoms with Gasteiger partial charge in [0.1, 0.15) is 20.2 Å². The molecule has 0 amide bonds. The molecule has 0 N–H and O–H groups in total. The van der Waals surface area contributed by atoms with Crippen LogP contribution in [0, 0.1) is 12.2 Å². The summed E-state index contributed by atoms with van der Waals surface area (Å²) in [6.07, 6.45) is -4.55. The van der Waals surface area contributed by atoms with E-state index in [1.165, 1.54) is 34.8 Å². The molecule has 1 aromatic carbocycles. The van der Waals surface area contributed by atoms with Crippen molar-refractivity contribution in [3.05, 3.63) is 62.7 Å².